The Balaban J connectivity index is 0.000000269. The molecule has 2 saturated heterocycles. The summed E-state index contributed by atoms with van der Waals surface area (Å²) in [7, 11) is 0. The van der Waals surface area contributed by atoms with Crippen molar-refractivity contribution >= 4 is 6.09 Å². The van der Waals surface area contributed by atoms with Crippen LogP contribution in [0.15, 0.2) is 42.7 Å². The van der Waals surface area contributed by atoms with Crippen LogP contribution in [0.3, 0.4) is 0 Å². The SMILES string of the molecule is CCCCCCCCCCNCc1cn[nH]n1.O=C(O)N1C[C@H]2CCN(/C=C/Cc3cccc(OC(F)(F)F)c3)CC[C@H]2C1. The molecule has 0 saturated carbocycles. The van der Waals surface area contributed by atoms with Crippen LogP contribution in [0.25, 0.3) is 0 Å². The highest BCUT2D eigenvalue weighted by molar-refractivity contribution is 5.65. The summed E-state index contributed by atoms with van der Waals surface area (Å²) in [6.07, 6.45) is 13.6. The summed E-state index contributed by atoms with van der Waals surface area (Å²) in [6.45, 7) is 7.13. The van der Waals surface area contributed by atoms with Crippen molar-refractivity contribution in [3.05, 3.63) is 54.0 Å². The second-order valence-corrected chi connectivity index (χ2v) is 11.7. The molecule has 9 nitrogen and oxygen atoms in total. The van der Waals surface area contributed by atoms with Gasteiger partial charge in [0, 0.05) is 32.7 Å². The van der Waals surface area contributed by atoms with Crippen molar-refractivity contribution in [1.82, 2.24) is 30.5 Å². The van der Waals surface area contributed by atoms with Crippen LogP contribution in [0.4, 0.5) is 18.0 Å². The number of likely N-dealkylation sites (tertiary alicyclic amines) is 2. The Morgan fingerprint density at radius 3 is 2.39 bits per heavy atom. The molecule has 2 aliphatic heterocycles. The van der Waals surface area contributed by atoms with Gasteiger partial charge in [-0.05, 0) is 68.0 Å². The molecule has 44 heavy (non-hydrogen) atoms. The monoisotopic (exact) mass is 622 g/mol. The van der Waals surface area contributed by atoms with Crippen LogP contribution in [0.1, 0.15) is 82.4 Å². The number of fused-ring (bicyclic) bond motifs is 1. The summed E-state index contributed by atoms with van der Waals surface area (Å²) >= 11 is 0. The maximum Gasteiger partial charge on any atom is 0.573 e. The van der Waals surface area contributed by atoms with Crippen molar-refractivity contribution in [2.24, 2.45) is 11.8 Å². The number of carboxylic acid groups (broad SMARTS) is 1. The van der Waals surface area contributed by atoms with E-state index in [0.717, 1.165) is 50.3 Å². The van der Waals surface area contributed by atoms with Crippen LogP contribution in [0, 0.1) is 11.8 Å². The topological polar surface area (TPSA) is 107 Å². The molecule has 12 heteroatoms. The lowest BCUT2D eigenvalue weighted by Gasteiger charge is -2.19. The van der Waals surface area contributed by atoms with Crippen LogP contribution in [0.2, 0.25) is 0 Å². The van der Waals surface area contributed by atoms with Crippen molar-refractivity contribution in [2.45, 2.75) is 90.5 Å². The normalized spacial score (nSPS) is 18.5. The third kappa shape index (κ3) is 14.0. The van der Waals surface area contributed by atoms with Gasteiger partial charge in [0.15, 0.2) is 0 Å². The molecule has 246 valence electrons. The average molecular weight is 623 g/mol. The van der Waals surface area contributed by atoms with Gasteiger partial charge in [-0.2, -0.15) is 15.4 Å². The number of nitrogens with one attached hydrogen (secondary N) is 2. The maximum atomic E-state index is 12.3. The van der Waals surface area contributed by atoms with Gasteiger partial charge < -0.3 is 25.0 Å². The molecule has 3 heterocycles. The van der Waals surface area contributed by atoms with Gasteiger partial charge in [-0.3, -0.25) is 0 Å². The number of aromatic nitrogens is 3. The molecule has 2 fully saturated rings. The van der Waals surface area contributed by atoms with E-state index in [4.69, 9.17) is 5.11 Å². The molecule has 1 aromatic heterocycles. The standard InChI is InChI=1S/C19H23F3N2O3.C13H26N4/c20-19(21,22)27-17-5-1-3-14(11-17)4-2-8-23-9-6-15-12-24(18(25)26)13-16(15)7-10-23;1-2-3-4-5-6-7-8-9-10-14-11-13-12-15-17-16-13/h1-3,5,8,11,15-16H,4,6-7,9-10,12-13H2,(H,25,26);12,14H,2-11H2,1H3,(H,15,16,17)/b8-2+;/t15-,16+;. The van der Waals surface area contributed by atoms with Gasteiger partial charge in [-0.1, -0.05) is 70.1 Å². The molecular formula is C32H49F3N6O3. The number of amides is 1. The van der Waals surface area contributed by atoms with E-state index in [0.29, 0.717) is 31.3 Å². The van der Waals surface area contributed by atoms with Gasteiger partial charge in [0.05, 0.1) is 11.9 Å². The predicted molar refractivity (Wildman–Crippen MR) is 164 cm³/mol. The minimum Gasteiger partial charge on any atom is -0.465 e. The van der Waals surface area contributed by atoms with Crippen LogP contribution in [-0.4, -0.2) is 75.5 Å². The second kappa shape index (κ2) is 19.2. The quantitative estimate of drug-likeness (QED) is 0.184. The summed E-state index contributed by atoms with van der Waals surface area (Å²) in [6, 6.07) is 5.99. The predicted octanol–water partition coefficient (Wildman–Crippen LogP) is 7.00. The number of halogens is 3. The van der Waals surface area contributed by atoms with Crippen LogP contribution in [-0.2, 0) is 13.0 Å². The Morgan fingerprint density at radius 1 is 1.09 bits per heavy atom. The van der Waals surface area contributed by atoms with E-state index in [9.17, 15) is 18.0 Å². The number of H-pyrrole nitrogens is 1. The van der Waals surface area contributed by atoms with Gasteiger partial charge in [0.25, 0.3) is 0 Å². The third-order valence-electron chi connectivity index (χ3n) is 8.20. The molecule has 3 N–H and O–H groups in total. The Morgan fingerprint density at radius 2 is 1.77 bits per heavy atom. The molecule has 0 unspecified atom stereocenters. The zero-order valence-corrected chi connectivity index (χ0v) is 25.9. The Labute approximate surface area is 259 Å². The number of unbranched alkanes of at least 4 members (excludes halogenated alkanes) is 7. The second-order valence-electron chi connectivity index (χ2n) is 11.7. The van der Waals surface area contributed by atoms with Crippen LogP contribution >= 0.6 is 0 Å². The van der Waals surface area contributed by atoms with Crippen LogP contribution < -0.4 is 10.1 Å². The lowest BCUT2D eigenvalue weighted by Crippen LogP contribution is -2.28. The van der Waals surface area contributed by atoms with E-state index in [1.807, 2.05) is 12.3 Å². The highest BCUT2D eigenvalue weighted by atomic mass is 19.4. The molecular weight excluding hydrogens is 573 g/mol. The average Bonchev–Trinajstić information content (AvgIpc) is 3.61. The molecule has 1 amide bonds. The highest BCUT2D eigenvalue weighted by Crippen LogP contribution is 2.32. The first-order valence-electron chi connectivity index (χ1n) is 16.0. The smallest absolute Gasteiger partial charge is 0.465 e. The largest absolute Gasteiger partial charge is 0.573 e. The first kappa shape index (κ1) is 35.2. The van der Waals surface area contributed by atoms with Gasteiger partial charge in [0.2, 0.25) is 0 Å². The van der Waals surface area contributed by atoms with Gasteiger partial charge in [-0.15, -0.1) is 13.2 Å². The molecule has 2 aromatic rings. The Bertz CT molecular complexity index is 1080. The van der Waals surface area contributed by atoms with E-state index in [2.05, 4.69) is 37.3 Å². The van der Waals surface area contributed by atoms with E-state index in [1.165, 1.54) is 68.4 Å². The zero-order valence-electron chi connectivity index (χ0n) is 25.9. The zero-order chi connectivity index (χ0) is 31.6. The van der Waals surface area contributed by atoms with Crippen LogP contribution in [0.5, 0.6) is 5.75 Å². The Hall–Kier alpha value is -3.28. The number of alkyl halides is 3. The number of aromatic amines is 1. The fourth-order valence-electron chi connectivity index (χ4n) is 5.79. The number of hydrogen-bond acceptors (Lipinski definition) is 6. The number of hydrogen-bond donors (Lipinski definition) is 3. The summed E-state index contributed by atoms with van der Waals surface area (Å²) in [5, 5.41) is 22.9. The molecule has 0 spiro atoms. The number of ether oxygens (including phenoxy) is 1. The molecule has 1 aromatic carbocycles. The van der Waals surface area contributed by atoms with Crippen molar-refractivity contribution in [3.8, 4) is 5.75 Å². The fraction of sp³-hybridized carbons (Fsp3) is 0.656. The molecule has 0 aliphatic carbocycles. The summed E-state index contributed by atoms with van der Waals surface area (Å²) < 4.78 is 40.8. The highest BCUT2D eigenvalue weighted by Gasteiger charge is 2.36. The number of benzene rings is 1. The van der Waals surface area contributed by atoms with Gasteiger partial charge in [-0.25, -0.2) is 4.79 Å². The first-order valence-corrected chi connectivity index (χ1v) is 16.0. The van der Waals surface area contributed by atoms with Crippen molar-refractivity contribution < 1.29 is 27.8 Å². The number of rotatable bonds is 15. The fourth-order valence-corrected chi connectivity index (χ4v) is 5.79. The first-order chi connectivity index (χ1) is 21.2. The maximum absolute atomic E-state index is 12.3. The molecule has 0 radical (unpaired) electrons. The lowest BCUT2D eigenvalue weighted by atomic mass is 9.92. The van der Waals surface area contributed by atoms with E-state index >= 15 is 0 Å². The molecule has 0 bridgehead atoms. The van der Waals surface area contributed by atoms with Gasteiger partial charge in [0.1, 0.15) is 5.75 Å². The number of carbonyl (C=O) groups is 1. The summed E-state index contributed by atoms with van der Waals surface area (Å²) in [4.78, 5) is 14.8. The minimum absolute atomic E-state index is 0.209. The van der Waals surface area contributed by atoms with Crippen molar-refractivity contribution in [3.63, 3.8) is 0 Å². The Kier molecular flexibility index (Phi) is 15.3. The minimum atomic E-state index is -4.69. The third-order valence-corrected chi connectivity index (χ3v) is 8.20. The summed E-state index contributed by atoms with van der Waals surface area (Å²) in [5.41, 5.74) is 1.74. The van der Waals surface area contributed by atoms with Crippen molar-refractivity contribution in [2.75, 3.05) is 32.7 Å². The van der Waals surface area contributed by atoms with E-state index < -0.39 is 12.5 Å². The number of allylic oxidation sites excluding steroid dienone is 1. The molecule has 2 aliphatic rings. The number of nitrogens with zero attached hydrogens (tertiary/aromatic N) is 4. The van der Waals surface area contributed by atoms with E-state index in [-0.39, 0.29) is 5.75 Å². The molecule has 4 rings (SSSR count). The molecule has 2 atom stereocenters. The van der Waals surface area contributed by atoms with E-state index in [1.54, 1.807) is 18.3 Å². The van der Waals surface area contributed by atoms with Gasteiger partial charge >= 0.3 is 12.5 Å². The van der Waals surface area contributed by atoms with Crippen molar-refractivity contribution in [1.29, 1.82) is 0 Å². The summed E-state index contributed by atoms with van der Waals surface area (Å²) in [5.74, 6) is 0.616. The lowest BCUT2D eigenvalue weighted by molar-refractivity contribution is -0.274.